The molecule has 0 aliphatic carbocycles. The molecule has 0 saturated carbocycles. The molecule has 0 saturated heterocycles. The topological polar surface area (TPSA) is 52.0 Å². The summed E-state index contributed by atoms with van der Waals surface area (Å²) < 4.78 is 0. The first-order chi connectivity index (χ1) is 4.20. The Morgan fingerprint density at radius 1 is 1.11 bits per heavy atom. The van der Waals surface area contributed by atoms with Gasteiger partial charge in [-0.1, -0.05) is 12.6 Å². The van der Waals surface area contributed by atoms with E-state index in [-0.39, 0.29) is 0 Å². The standard InChI is InChI=1S/C6H7N2S/c7-5-2-1-4(9)3-6(5)8/h1-3H,7-8H2. The normalized spacial score (nSPS) is 9.33. The smallest absolute Gasteiger partial charge is 0.0562 e. The molecule has 0 spiro atoms. The maximum atomic E-state index is 5.43. The van der Waals surface area contributed by atoms with Crippen LogP contribution >= 0.6 is 12.6 Å². The first-order valence-electron chi connectivity index (χ1n) is 2.52. The fourth-order valence-electron chi connectivity index (χ4n) is 0.553. The highest BCUT2D eigenvalue weighted by Crippen LogP contribution is 2.17. The number of nitrogens with two attached hydrogens (primary N) is 2. The molecule has 0 atom stereocenters. The first kappa shape index (κ1) is 6.16. The van der Waals surface area contributed by atoms with Crippen molar-refractivity contribution in [3.63, 3.8) is 0 Å². The minimum absolute atomic E-state index is 0.558. The van der Waals surface area contributed by atoms with E-state index in [1.54, 1.807) is 18.2 Å². The third-order valence-corrected chi connectivity index (χ3v) is 1.31. The molecule has 1 radical (unpaired) electrons. The lowest BCUT2D eigenvalue weighted by molar-refractivity contribution is 1.48. The number of rotatable bonds is 0. The Morgan fingerprint density at radius 2 is 1.78 bits per heavy atom. The Morgan fingerprint density at radius 3 is 2.22 bits per heavy atom. The third-order valence-electron chi connectivity index (χ3n) is 1.06. The van der Waals surface area contributed by atoms with Crippen molar-refractivity contribution in [2.45, 2.75) is 4.90 Å². The van der Waals surface area contributed by atoms with E-state index >= 15 is 0 Å². The van der Waals surface area contributed by atoms with Gasteiger partial charge in [-0.05, 0) is 18.2 Å². The summed E-state index contributed by atoms with van der Waals surface area (Å²) in [6, 6.07) is 5.13. The molecule has 3 heteroatoms. The van der Waals surface area contributed by atoms with Crippen LogP contribution in [0.2, 0.25) is 0 Å². The van der Waals surface area contributed by atoms with Crippen molar-refractivity contribution in [1.29, 1.82) is 0 Å². The van der Waals surface area contributed by atoms with E-state index in [0.29, 0.717) is 11.4 Å². The quantitative estimate of drug-likeness (QED) is 0.534. The van der Waals surface area contributed by atoms with Gasteiger partial charge in [-0.3, -0.25) is 0 Å². The predicted octanol–water partition coefficient (Wildman–Crippen LogP) is 1.41. The molecule has 0 aliphatic heterocycles. The van der Waals surface area contributed by atoms with Crippen LogP contribution < -0.4 is 11.5 Å². The van der Waals surface area contributed by atoms with Gasteiger partial charge in [0.15, 0.2) is 0 Å². The highest BCUT2D eigenvalue weighted by molar-refractivity contribution is 7.80. The van der Waals surface area contributed by atoms with Crippen LogP contribution in [0.25, 0.3) is 0 Å². The summed E-state index contributed by atoms with van der Waals surface area (Å²) >= 11 is 4.82. The Hall–Kier alpha value is -0.960. The molecule has 0 amide bonds. The van der Waals surface area contributed by atoms with Gasteiger partial charge in [0.2, 0.25) is 0 Å². The summed E-state index contributed by atoms with van der Waals surface area (Å²) in [5.41, 5.74) is 12.0. The Kier molecular flexibility index (Phi) is 1.44. The summed E-state index contributed by atoms with van der Waals surface area (Å²) in [5, 5.41) is 0. The van der Waals surface area contributed by atoms with Crippen molar-refractivity contribution in [2.75, 3.05) is 11.5 Å². The van der Waals surface area contributed by atoms with E-state index in [4.69, 9.17) is 24.1 Å². The Balaban J connectivity index is 3.17. The summed E-state index contributed by atoms with van der Waals surface area (Å²) in [6.07, 6.45) is 0. The lowest BCUT2D eigenvalue weighted by atomic mass is 10.3. The van der Waals surface area contributed by atoms with Gasteiger partial charge in [-0.25, -0.2) is 0 Å². The molecule has 0 heterocycles. The number of nitrogen functional groups attached to an aromatic ring is 2. The number of benzene rings is 1. The molecule has 47 valence electrons. The summed E-state index contributed by atoms with van der Waals surface area (Å²) in [6.45, 7) is 0. The molecule has 0 bridgehead atoms. The van der Waals surface area contributed by atoms with Crippen LogP contribution in [-0.4, -0.2) is 0 Å². The van der Waals surface area contributed by atoms with Crippen LogP contribution in [0.1, 0.15) is 0 Å². The minimum atomic E-state index is 0.558. The molecule has 4 N–H and O–H groups in total. The van der Waals surface area contributed by atoms with Crippen LogP contribution in [0.4, 0.5) is 11.4 Å². The molecular formula is C6H7N2S. The van der Waals surface area contributed by atoms with Crippen molar-refractivity contribution in [3.8, 4) is 0 Å². The van der Waals surface area contributed by atoms with Gasteiger partial charge in [-0.15, -0.1) is 0 Å². The van der Waals surface area contributed by atoms with Gasteiger partial charge < -0.3 is 11.5 Å². The SMILES string of the molecule is Nc1ccc([S])cc1N. The Bertz CT molecular complexity index is 222. The van der Waals surface area contributed by atoms with Crippen molar-refractivity contribution in [3.05, 3.63) is 18.2 Å². The Labute approximate surface area is 59.3 Å². The second kappa shape index (κ2) is 2.11. The second-order valence-corrected chi connectivity index (χ2v) is 2.26. The van der Waals surface area contributed by atoms with Crippen molar-refractivity contribution < 1.29 is 0 Å². The fraction of sp³-hybridized carbons (Fsp3) is 0. The van der Waals surface area contributed by atoms with Crippen LogP contribution in [0.5, 0.6) is 0 Å². The van der Waals surface area contributed by atoms with Gasteiger partial charge in [0.25, 0.3) is 0 Å². The van der Waals surface area contributed by atoms with Crippen molar-refractivity contribution in [2.24, 2.45) is 0 Å². The molecule has 9 heavy (non-hydrogen) atoms. The van der Waals surface area contributed by atoms with E-state index in [9.17, 15) is 0 Å². The van der Waals surface area contributed by atoms with E-state index in [1.165, 1.54) is 0 Å². The minimum Gasteiger partial charge on any atom is -0.397 e. The van der Waals surface area contributed by atoms with E-state index < -0.39 is 0 Å². The van der Waals surface area contributed by atoms with Gasteiger partial charge in [0.1, 0.15) is 0 Å². The number of hydrogen-bond acceptors (Lipinski definition) is 2. The maximum absolute atomic E-state index is 5.43. The monoisotopic (exact) mass is 139 g/mol. The predicted molar refractivity (Wildman–Crippen MR) is 41.1 cm³/mol. The zero-order valence-corrected chi connectivity index (χ0v) is 5.61. The van der Waals surface area contributed by atoms with Crippen LogP contribution in [0, 0.1) is 0 Å². The zero-order chi connectivity index (χ0) is 6.85. The molecule has 0 aliphatic rings. The summed E-state index contributed by atoms with van der Waals surface area (Å²) in [5.74, 6) is 0. The van der Waals surface area contributed by atoms with Gasteiger partial charge in [0, 0.05) is 4.90 Å². The molecule has 1 aromatic rings. The second-order valence-electron chi connectivity index (χ2n) is 1.79. The molecule has 0 fully saturated rings. The van der Waals surface area contributed by atoms with E-state index in [0.717, 1.165) is 4.90 Å². The van der Waals surface area contributed by atoms with Gasteiger partial charge >= 0.3 is 0 Å². The van der Waals surface area contributed by atoms with E-state index in [1.807, 2.05) is 0 Å². The summed E-state index contributed by atoms with van der Waals surface area (Å²) in [7, 11) is 0. The summed E-state index contributed by atoms with van der Waals surface area (Å²) in [4.78, 5) is 0.724. The first-order valence-corrected chi connectivity index (χ1v) is 2.93. The molecule has 1 aromatic carbocycles. The highest BCUT2D eigenvalue weighted by Gasteiger charge is 1.91. The number of hydrogen-bond donors (Lipinski definition) is 2. The van der Waals surface area contributed by atoms with Crippen LogP contribution in [0.15, 0.2) is 23.1 Å². The van der Waals surface area contributed by atoms with Crippen molar-refractivity contribution in [1.82, 2.24) is 0 Å². The van der Waals surface area contributed by atoms with Crippen LogP contribution in [-0.2, 0) is 0 Å². The molecule has 0 unspecified atom stereocenters. The molecule has 0 aromatic heterocycles. The lowest BCUT2D eigenvalue weighted by Gasteiger charge is -1.97. The number of anilines is 2. The van der Waals surface area contributed by atoms with Gasteiger partial charge in [0.05, 0.1) is 11.4 Å². The largest absolute Gasteiger partial charge is 0.397 e. The van der Waals surface area contributed by atoms with E-state index in [2.05, 4.69) is 0 Å². The highest BCUT2D eigenvalue weighted by atomic mass is 32.1. The fourth-order valence-corrected chi connectivity index (χ4v) is 0.748. The van der Waals surface area contributed by atoms with Gasteiger partial charge in [-0.2, -0.15) is 0 Å². The zero-order valence-electron chi connectivity index (χ0n) is 4.79. The molecular weight excluding hydrogens is 132 g/mol. The van der Waals surface area contributed by atoms with Crippen LogP contribution in [0.3, 0.4) is 0 Å². The average molecular weight is 139 g/mol. The molecule has 1 rings (SSSR count). The van der Waals surface area contributed by atoms with Crippen molar-refractivity contribution >= 4 is 24.0 Å². The molecule has 2 nitrogen and oxygen atoms in total. The lowest BCUT2D eigenvalue weighted by Crippen LogP contribution is -1.92. The average Bonchev–Trinajstić information content (AvgIpc) is 1.80. The third kappa shape index (κ3) is 1.23. The maximum Gasteiger partial charge on any atom is 0.0562 e.